The van der Waals surface area contributed by atoms with Crippen LogP contribution in [0.3, 0.4) is 0 Å². The maximum absolute atomic E-state index is 13.0. The molecule has 2 atom stereocenters. The number of benzene rings is 2. The van der Waals surface area contributed by atoms with Gasteiger partial charge in [0.2, 0.25) is 5.91 Å². The molecule has 0 aliphatic carbocycles. The van der Waals surface area contributed by atoms with Crippen molar-refractivity contribution in [3.8, 4) is 16.9 Å². The van der Waals surface area contributed by atoms with E-state index in [9.17, 15) is 4.79 Å². The van der Waals surface area contributed by atoms with E-state index >= 15 is 0 Å². The van der Waals surface area contributed by atoms with Crippen LogP contribution < -0.4 is 4.74 Å². The second-order valence-electron chi connectivity index (χ2n) is 8.72. The first-order valence-corrected chi connectivity index (χ1v) is 11.5. The Kier molecular flexibility index (Phi) is 6.24. The van der Waals surface area contributed by atoms with Gasteiger partial charge in [0, 0.05) is 46.2 Å². The Morgan fingerprint density at radius 2 is 1.94 bits per heavy atom. The van der Waals surface area contributed by atoms with Crippen LogP contribution in [-0.4, -0.2) is 31.0 Å². The maximum atomic E-state index is 13.0. The number of nitrogens with zero attached hydrogens (tertiary/aromatic N) is 1. The molecule has 1 fully saturated rings. The number of ether oxygens (including phenoxy) is 1. The SMILES string of the molecule is COc1cc2occ(-c3cccc(Br)c3)c2cc1/C(C)=C/C(=O)N1CC(C)CC(C)C1. The highest BCUT2D eigenvalue weighted by Gasteiger charge is 2.24. The minimum Gasteiger partial charge on any atom is -0.496 e. The number of halogens is 1. The third kappa shape index (κ3) is 4.57. The van der Waals surface area contributed by atoms with Crippen LogP contribution in [0.1, 0.15) is 32.8 Å². The fraction of sp³-hybridized carbons (Fsp3) is 0.346. The molecular formula is C26H28BrNO3. The number of hydrogen-bond acceptors (Lipinski definition) is 3. The van der Waals surface area contributed by atoms with Gasteiger partial charge in [0.1, 0.15) is 11.3 Å². The fourth-order valence-electron chi connectivity index (χ4n) is 4.61. The third-order valence-corrected chi connectivity index (χ3v) is 6.47. The van der Waals surface area contributed by atoms with Crippen LogP contribution in [-0.2, 0) is 4.79 Å². The van der Waals surface area contributed by atoms with Crippen molar-refractivity contribution in [1.29, 1.82) is 0 Å². The van der Waals surface area contributed by atoms with Crippen LogP contribution in [0.5, 0.6) is 5.75 Å². The molecular weight excluding hydrogens is 454 g/mol. The Bertz CT molecular complexity index is 1140. The lowest BCUT2D eigenvalue weighted by Gasteiger charge is -2.34. The van der Waals surface area contributed by atoms with Gasteiger partial charge in [0.05, 0.1) is 13.4 Å². The van der Waals surface area contributed by atoms with Crippen molar-refractivity contribution in [2.45, 2.75) is 27.2 Å². The molecule has 0 radical (unpaired) electrons. The van der Waals surface area contributed by atoms with Gasteiger partial charge < -0.3 is 14.1 Å². The van der Waals surface area contributed by atoms with E-state index in [0.29, 0.717) is 17.6 Å². The number of allylic oxidation sites excluding steroid dienone is 1. The molecule has 1 aliphatic rings. The Hall–Kier alpha value is -2.53. The number of hydrogen-bond donors (Lipinski definition) is 0. The quantitative estimate of drug-likeness (QED) is 0.385. The van der Waals surface area contributed by atoms with Gasteiger partial charge in [0.25, 0.3) is 0 Å². The highest BCUT2D eigenvalue weighted by molar-refractivity contribution is 9.10. The Balaban J connectivity index is 1.72. The van der Waals surface area contributed by atoms with Crippen molar-refractivity contribution in [2.24, 2.45) is 11.8 Å². The van der Waals surface area contributed by atoms with Crippen LogP contribution >= 0.6 is 15.9 Å². The molecule has 3 aromatic rings. The lowest BCUT2D eigenvalue weighted by Crippen LogP contribution is -2.41. The number of rotatable bonds is 4. The molecule has 0 N–H and O–H groups in total. The molecule has 4 nitrogen and oxygen atoms in total. The molecule has 2 heterocycles. The van der Waals surface area contributed by atoms with Gasteiger partial charge in [-0.05, 0) is 54.5 Å². The molecule has 0 bridgehead atoms. The van der Waals surface area contributed by atoms with Gasteiger partial charge in [-0.1, -0.05) is 41.9 Å². The average molecular weight is 482 g/mol. The summed E-state index contributed by atoms with van der Waals surface area (Å²) < 4.78 is 12.5. The van der Waals surface area contributed by atoms with Gasteiger partial charge >= 0.3 is 0 Å². The number of carbonyl (C=O) groups is 1. The van der Waals surface area contributed by atoms with Crippen molar-refractivity contribution in [2.75, 3.05) is 20.2 Å². The summed E-state index contributed by atoms with van der Waals surface area (Å²) in [5.74, 6) is 1.83. The summed E-state index contributed by atoms with van der Waals surface area (Å²) in [5.41, 5.74) is 4.62. The first-order chi connectivity index (χ1) is 14.9. The zero-order chi connectivity index (χ0) is 22.1. The highest BCUT2D eigenvalue weighted by Crippen LogP contribution is 2.38. The summed E-state index contributed by atoms with van der Waals surface area (Å²) in [5, 5.41) is 0.995. The van der Waals surface area contributed by atoms with E-state index in [-0.39, 0.29) is 5.91 Å². The summed E-state index contributed by atoms with van der Waals surface area (Å²) >= 11 is 3.54. The molecule has 1 aliphatic heterocycles. The topological polar surface area (TPSA) is 42.7 Å². The first kappa shape index (κ1) is 21.7. The van der Waals surface area contributed by atoms with Crippen molar-refractivity contribution >= 4 is 38.4 Å². The van der Waals surface area contributed by atoms with Crippen LogP contribution in [0.15, 0.2) is 57.6 Å². The lowest BCUT2D eigenvalue weighted by atomic mass is 9.91. The summed E-state index contributed by atoms with van der Waals surface area (Å²) in [6.07, 6.45) is 4.69. The van der Waals surface area contributed by atoms with Crippen molar-refractivity contribution in [1.82, 2.24) is 4.90 Å². The van der Waals surface area contributed by atoms with Crippen LogP contribution in [0, 0.1) is 11.8 Å². The molecule has 2 unspecified atom stereocenters. The number of fused-ring (bicyclic) bond motifs is 1. The molecule has 1 saturated heterocycles. The fourth-order valence-corrected chi connectivity index (χ4v) is 5.01. The van der Waals surface area contributed by atoms with Crippen LogP contribution in [0.2, 0.25) is 0 Å². The van der Waals surface area contributed by atoms with Gasteiger partial charge in [-0.2, -0.15) is 0 Å². The standard InChI is InChI=1S/C26H28BrNO3/c1-16-8-17(2)14-28(13-16)26(29)9-18(3)21-11-22-23(19-6-5-7-20(27)10-19)15-31-25(22)12-24(21)30-4/h5-7,9-12,15-17H,8,13-14H2,1-4H3/b18-9+. The van der Waals surface area contributed by atoms with Gasteiger partial charge in [-0.3, -0.25) is 4.79 Å². The van der Waals surface area contributed by atoms with Crippen LogP contribution in [0.4, 0.5) is 0 Å². The Labute approximate surface area is 192 Å². The molecule has 0 spiro atoms. The molecule has 1 aromatic heterocycles. The molecule has 162 valence electrons. The summed E-state index contributed by atoms with van der Waals surface area (Å²) in [7, 11) is 1.64. The second kappa shape index (κ2) is 8.91. The Morgan fingerprint density at radius 3 is 2.61 bits per heavy atom. The number of furan rings is 1. The molecule has 2 aromatic carbocycles. The van der Waals surface area contributed by atoms with E-state index in [1.54, 1.807) is 19.4 Å². The lowest BCUT2D eigenvalue weighted by molar-refractivity contribution is -0.128. The van der Waals surface area contributed by atoms with Gasteiger partial charge in [-0.25, -0.2) is 0 Å². The smallest absolute Gasteiger partial charge is 0.246 e. The van der Waals surface area contributed by atoms with Gasteiger partial charge in [0.15, 0.2) is 0 Å². The van der Waals surface area contributed by atoms with E-state index in [1.165, 1.54) is 6.42 Å². The molecule has 0 saturated carbocycles. The zero-order valence-corrected chi connectivity index (χ0v) is 20.0. The number of amides is 1. The largest absolute Gasteiger partial charge is 0.496 e. The number of methoxy groups -OCH3 is 1. The average Bonchev–Trinajstić information content (AvgIpc) is 3.15. The minimum atomic E-state index is 0.0671. The molecule has 1 amide bonds. The number of piperidine rings is 1. The number of carbonyl (C=O) groups excluding carboxylic acids is 1. The first-order valence-electron chi connectivity index (χ1n) is 10.7. The monoisotopic (exact) mass is 481 g/mol. The minimum absolute atomic E-state index is 0.0671. The van der Waals surface area contributed by atoms with Crippen molar-refractivity contribution in [3.63, 3.8) is 0 Å². The normalized spacial score (nSPS) is 19.6. The summed E-state index contributed by atoms with van der Waals surface area (Å²) in [4.78, 5) is 15.0. The second-order valence-corrected chi connectivity index (χ2v) is 9.64. The molecule has 4 rings (SSSR count). The Morgan fingerprint density at radius 1 is 1.19 bits per heavy atom. The predicted octanol–water partition coefficient (Wildman–Crippen LogP) is 6.78. The number of likely N-dealkylation sites (tertiary alicyclic amines) is 1. The maximum Gasteiger partial charge on any atom is 0.246 e. The van der Waals surface area contributed by atoms with E-state index in [2.05, 4.69) is 48.0 Å². The summed E-state index contributed by atoms with van der Waals surface area (Å²) in [6, 6.07) is 12.1. The van der Waals surface area contributed by atoms with E-state index in [4.69, 9.17) is 9.15 Å². The summed E-state index contributed by atoms with van der Waals surface area (Å²) in [6.45, 7) is 8.03. The van der Waals surface area contributed by atoms with Crippen molar-refractivity contribution in [3.05, 3.63) is 58.8 Å². The van der Waals surface area contributed by atoms with E-state index < -0.39 is 0 Å². The zero-order valence-electron chi connectivity index (χ0n) is 18.4. The van der Waals surface area contributed by atoms with E-state index in [1.807, 2.05) is 30.0 Å². The molecule has 31 heavy (non-hydrogen) atoms. The predicted molar refractivity (Wildman–Crippen MR) is 129 cm³/mol. The highest BCUT2D eigenvalue weighted by atomic mass is 79.9. The van der Waals surface area contributed by atoms with Crippen molar-refractivity contribution < 1.29 is 13.9 Å². The third-order valence-electron chi connectivity index (χ3n) is 5.98. The van der Waals surface area contributed by atoms with Crippen LogP contribution in [0.25, 0.3) is 27.7 Å². The van der Waals surface area contributed by atoms with Gasteiger partial charge in [-0.15, -0.1) is 0 Å². The molecule has 5 heteroatoms. The van der Waals surface area contributed by atoms with E-state index in [0.717, 1.165) is 50.8 Å².